The van der Waals surface area contributed by atoms with Crippen LogP contribution in [0.1, 0.15) is 26.7 Å². The molecule has 0 aliphatic carbocycles. The molecule has 19 heavy (non-hydrogen) atoms. The van der Waals surface area contributed by atoms with E-state index in [4.69, 9.17) is 5.73 Å². The van der Waals surface area contributed by atoms with E-state index in [1.807, 2.05) is 18.2 Å². The fourth-order valence-electron chi connectivity index (χ4n) is 2.87. The lowest BCUT2D eigenvalue weighted by molar-refractivity contribution is 0.389. The highest BCUT2D eigenvalue weighted by molar-refractivity contribution is 5.91. The zero-order chi connectivity index (χ0) is 13.4. The Morgan fingerprint density at radius 1 is 1.21 bits per heavy atom. The summed E-state index contributed by atoms with van der Waals surface area (Å²) in [4.78, 5) is 11.2. The van der Waals surface area contributed by atoms with Crippen molar-refractivity contribution in [3.63, 3.8) is 0 Å². The number of benzene rings is 1. The van der Waals surface area contributed by atoms with E-state index in [-0.39, 0.29) is 0 Å². The van der Waals surface area contributed by atoms with Crippen LogP contribution >= 0.6 is 0 Å². The summed E-state index contributed by atoms with van der Waals surface area (Å²) < 4.78 is 0. The van der Waals surface area contributed by atoms with E-state index in [1.54, 1.807) is 6.33 Å². The number of aromatic nitrogens is 2. The van der Waals surface area contributed by atoms with Gasteiger partial charge in [0.25, 0.3) is 0 Å². The van der Waals surface area contributed by atoms with Gasteiger partial charge in [-0.15, -0.1) is 0 Å². The molecule has 1 aromatic heterocycles. The van der Waals surface area contributed by atoms with Crippen LogP contribution in [0.25, 0.3) is 10.9 Å². The van der Waals surface area contributed by atoms with Gasteiger partial charge in [-0.05, 0) is 43.9 Å². The number of piperidine rings is 1. The van der Waals surface area contributed by atoms with Crippen LogP contribution in [0.15, 0.2) is 24.5 Å². The minimum atomic E-state index is 0.524. The van der Waals surface area contributed by atoms with Gasteiger partial charge in [0.15, 0.2) is 0 Å². The minimum Gasteiger partial charge on any atom is -0.399 e. The molecule has 0 spiro atoms. The van der Waals surface area contributed by atoms with Gasteiger partial charge in [0.2, 0.25) is 0 Å². The monoisotopic (exact) mass is 256 g/mol. The van der Waals surface area contributed by atoms with Crippen molar-refractivity contribution in [2.45, 2.75) is 32.7 Å². The Morgan fingerprint density at radius 2 is 2.05 bits per heavy atom. The lowest BCUT2D eigenvalue weighted by atomic mass is 9.95. The van der Waals surface area contributed by atoms with Crippen molar-refractivity contribution < 1.29 is 0 Å². The van der Waals surface area contributed by atoms with E-state index in [2.05, 4.69) is 28.7 Å². The minimum absolute atomic E-state index is 0.524. The molecule has 0 radical (unpaired) electrons. The van der Waals surface area contributed by atoms with Crippen molar-refractivity contribution >= 4 is 22.4 Å². The molecule has 1 aromatic carbocycles. The maximum absolute atomic E-state index is 5.91. The summed E-state index contributed by atoms with van der Waals surface area (Å²) in [5, 5.41) is 1.06. The molecule has 4 nitrogen and oxygen atoms in total. The molecule has 0 amide bonds. The summed E-state index contributed by atoms with van der Waals surface area (Å²) in [5.41, 5.74) is 7.64. The van der Waals surface area contributed by atoms with Crippen molar-refractivity contribution in [3.05, 3.63) is 24.5 Å². The Morgan fingerprint density at radius 3 is 2.89 bits per heavy atom. The highest BCUT2D eigenvalue weighted by Crippen LogP contribution is 2.31. The topological polar surface area (TPSA) is 55.0 Å². The first-order valence-electron chi connectivity index (χ1n) is 6.92. The Kier molecular flexibility index (Phi) is 3.01. The quantitative estimate of drug-likeness (QED) is 0.797. The lowest BCUT2D eigenvalue weighted by Gasteiger charge is -2.38. The number of nitrogens with two attached hydrogens (primary N) is 1. The summed E-state index contributed by atoms with van der Waals surface area (Å²) in [7, 11) is 0. The van der Waals surface area contributed by atoms with Gasteiger partial charge in [0.05, 0.1) is 5.52 Å². The van der Waals surface area contributed by atoms with E-state index < -0.39 is 0 Å². The Hall–Kier alpha value is -1.84. The number of nitrogens with zero attached hydrogens (tertiary/aromatic N) is 3. The smallest absolute Gasteiger partial charge is 0.140 e. The molecule has 2 heterocycles. The second-order valence-corrected chi connectivity index (χ2v) is 5.66. The highest BCUT2D eigenvalue weighted by Gasteiger charge is 2.25. The summed E-state index contributed by atoms with van der Waals surface area (Å²) in [5.74, 6) is 1.73. The van der Waals surface area contributed by atoms with Crippen molar-refractivity contribution in [2.75, 3.05) is 17.2 Å². The van der Waals surface area contributed by atoms with Gasteiger partial charge in [-0.1, -0.05) is 6.92 Å². The van der Waals surface area contributed by atoms with Gasteiger partial charge in [-0.2, -0.15) is 0 Å². The van der Waals surface area contributed by atoms with Gasteiger partial charge in [0, 0.05) is 23.7 Å². The normalized spacial score (nSPS) is 23.8. The molecular formula is C15H20N4. The fourth-order valence-corrected chi connectivity index (χ4v) is 2.87. The number of hydrogen-bond donors (Lipinski definition) is 1. The maximum Gasteiger partial charge on any atom is 0.140 e. The fraction of sp³-hybridized carbons (Fsp3) is 0.467. The molecule has 100 valence electrons. The second kappa shape index (κ2) is 4.68. The molecule has 2 atom stereocenters. The number of rotatable bonds is 1. The molecule has 3 rings (SSSR count). The summed E-state index contributed by atoms with van der Waals surface area (Å²) in [6.45, 7) is 5.63. The molecule has 0 saturated carbocycles. The molecule has 2 unspecified atom stereocenters. The Bertz CT molecular complexity index is 596. The molecule has 1 saturated heterocycles. The zero-order valence-electron chi connectivity index (χ0n) is 11.5. The number of fused-ring (bicyclic) bond motifs is 1. The standard InChI is InChI=1S/C15H20N4/c1-10-3-4-11(2)19(8-10)15-13-7-12(16)5-6-14(13)17-9-18-15/h5-7,9-11H,3-4,8,16H2,1-2H3. The van der Waals surface area contributed by atoms with Crippen LogP contribution in [0.3, 0.4) is 0 Å². The van der Waals surface area contributed by atoms with Crippen molar-refractivity contribution in [2.24, 2.45) is 5.92 Å². The third kappa shape index (κ3) is 2.23. The van der Waals surface area contributed by atoms with Crippen LogP contribution in [-0.2, 0) is 0 Å². The van der Waals surface area contributed by atoms with Crippen LogP contribution in [-0.4, -0.2) is 22.6 Å². The van der Waals surface area contributed by atoms with Crippen LogP contribution in [0, 0.1) is 5.92 Å². The van der Waals surface area contributed by atoms with Crippen molar-refractivity contribution in [1.82, 2.24) is 9.97 Å². The van der Waals surface area contributed by atoms with Crippen LogP contribution in [0.2, 0.25) is 0 Å². The third-order valence-electron chi connectivity index (χ3n) is 4.03. The van der Waals surface area contributed by atoms with Gasteiger partial charge in [-0.25, -0.2) is 9.97 Å². The summed E-state index contributed by atoms with van der Waals surface area (Å²) >= 11 is 0. The third-order valence-corrected chi connectivity index (χ3v) is 4.03. The largest absolute Gasteiger partial charge is 0.399 e. The maximum atomic E-state index is 5.91. The van der Waals surface area contributed by atoms with Gasteiger partial charge in [-0.3, -0.25) is 0 Å². The second-order valence-electron chi connectivity index (χ2n) is 5.66. The SMILES string of the molecule is CC1CCC(C)N(c2ncnc3ccc(N)cc23)C1. The van der Waals surface area contributed by atoms with Gasteiger partial charge >= 0.3 is 0 Å². The van der Waals surface area contributed by atoms with Crippen molar-refractivity contribution in [1.29, 1.82) is 0 Å². The van der Waals surface area contributed by atoms with Crippen LogP contribution < -0.4 is 10.6 Å². The van der Waals surface area contributed by atoms with E-state index in [0.29, 0.717) is 12.0 Å². The van der Waals surface area contributed by atoms with Crippen LogP contribution in [0.5, 0.6) is 0 Å². The summed E-state index contributed by atoms with van der Waals surface area (Å²) in [6, 6.07) is 6.36. The molecule has 1 aliphatic rings. The van der Waals surface area contributed by atoms with E-state index in [0.717, 1.165) is 29.0 Å². The van der Waals surface area contributed by atoms with E-state index in [1.165, 1.54) is 12.8 Å². The molecule has 1 fully saturated rings. The number of anilines is 2. The molecule has 4 heteroatoms. The molecular weight excluding hydrogens is 236 g/mol. The first-order valence-corrected chi connectivity index (χ1v) is 6.92. The summed E-state index contributed by atoms with van der Waals surface area (Å²) in [6.07, 6.45) is 4.16. The van der Waals surface area contributed by atoms with E-state index in [9.17, 15) is 0 Å². The first-order chi connectivity index (χ1) is 9.15. The Labute approximate surface area is 113 Å². The van der Waals surface area contributed by atoms with Crippen molar-refractivity contribution in [3.8, 4) is 0 Å². The predicted molar refractivity (Wildman–Crippen MR) is 79.2 cm³/mol. The predicted octanol–water partition coefficient (Wildman–Crippen LogP) is 2.84. The average Bonchev–Trinajstić information content (AvgIpc) is 2.41. The molecule has 1 aliphatic heterocycles. The Balaban J connectivity index is 2.10. The molecule has 0 bridgehead atoms. The zero-order valence-corrected chi connectivity index (χ0v) is 11.5. The number of nitrogen functional groups attached to an aromatic ring is 1. The van der Waals surface area contributed by atoms with Gasteiger partial charge in [0.1, 0.15) is 12.1 Å². The number of hydrogen-bond acceptors (Lipinski definition) is 4. The van der Waals surface area contributed by atoms with E-state index >= 15 is 0 Å². The average molecular weight is 256 g/mol. The molecule has 2 N–H and O–H groups in total. The van der Waals surface area contributed by atoms with Gasteiger partial charge < -0.3 is 10.6 Å². The first kappa shape index (κ1) is 12.2. The molecule has 2 aromatic rings. The lowest BCUT2D eigenvalue weighted by Crippen LogP contribution is -2.41. The van der Waals surface area contributed by atoms with Crippen LogP contribution in [0.4, 0.5) is 11.5 Å². The highest BCUT2D eigenvalue weighted by atomic mass is 15.2.